The van der Waals surface area contributed by atoms with Crippen LogP contribution < -0.4 is 10.1 Å². The first-order valence-electron chi connectivity index (χ1n) is 7.50. The van der Waals surface area contributed by atoms with Crippen molar-refractivity contribution in [2.75, 3.05) is 11.9 Å². The summed E-state index contributed by atoms with van der Waals surface area (Å²) in [6, 6.07) is 10.7. The third kappa shape index (κ3) is 3.95. The average molecular weight is 324 g/mol. The summed E-state index contributed by atoms with van der Waals surface area (Å²) < 4.78 is 10.7. The monoisotopic (exact) mass is 324 g/mol. The molecule has 2 heterocycles. The van der Waals surface area contributed by atoms with Gasteiger partial charge in [0, 0.05) is 18.2 Å². The molecule has 0 radical (unpaired) electrons. The van der Waals surface area contributed by atoms with Crippen LogP contribution in [-0.4, -0.2) is 27.6 Å². The van der Waals surface area contributed by atoms with E-state index in [1.165, 1.54) is 0 Å². The minimum atomic E-state index is -0.264. The molecule has 3 rings (SSSR count). The predicted octanol–water partition coefficient (Wildman–Crippen LogP) is 2.71. The quantitative estimate of drug-likeness (QED) is 0.750. The Hall–Kier alpha value is -3.22. The molecule has 0 aliphatic heterocycles. The van der Waals surface area contributed by atoms with Gasteiger partial charge in [-0.1, -0.05) is 18.1 Å². The van der Waals surface area contributed by atoms with Crippen LogP contribution in [0.3, 0.4) is 0 Å². The number of nitrogens with zero attached hydrogens (tertiary/aromatic N) is 3. The fourth-order valence-corrected chi connectivity index (χ4v) is 2.02. The molecular formula is C17H16N4O3. The molecule has 1 amide bonds. The standard InChI is InChI=1S/C17H16N4O3/c1-2-15-20-17(24-21-15)12-5-3-7-14(9-12)23-11-16(22)19-13-6-4-8-18-10-13/h3-10H,2,11H2,1H3,(H,19,22). The minimum absolute atomic E-state index is 0.109. The van der Waals surface area contributed by atoms with Crippen molar-refractivity contribution in [1.82, 2.24) is 15.1 Å². The van der Waals surface area contributed by atoms with Gasteiger partial charge in [0.1, 0.15) is 5.75 Å². The molecule has 0 unspecified atom stereocenters. The van der Waals surface area contributed by atoms with Crippen LogP contribution in [0.2, 0.25) is 0 Å². The number of anilines is 1. The number of aromatic nitrogens is 3. The van der Waals surface area contributed by atoms with Crippen molar-refractivity contribution in [3.8, 4) is 17.2 Å². The van der Waals surface area contributed by atoms with E-state index in [1.807, 2.05) is 13.0 Å². The number of pyridine rings is 1. The van der Waals surface area contributed by atoms with Crippen LogP contribution in [0.5, 0.6) is 5.75 Å². The fourth-order valence-electron chi connectivity index (χ4n) is 2.02. The lowest BCUT2D eigenvalue weighted by molar-refractivity contribution is -0.118. The summed E-state index contributed by atoms with van der Waals surface area (Å²) >= 11 is 0. The Balaban J connectivity index is 1.61. The first-order valence-corrected chi connectivity index (χ1v) is 7.50. The van der Waals surface area contributed by atoms with Gasteiger partial charge in [-0.2, -0.15) is 4.98 Å². The summed E-state index contributed by atoms with van der Waals surface area (Å²) in [6.07, 6.45) is 3.91. The Morgan fingerprint density at radius 2 is 2.21 bits per heavy atom. The number of rotatable bonds is 6. The number of hydrogen-bond donors (Lipinski definition) is 1. The molecule has 0 aliphatic rings. The average Bonchev–Trinajstić information content (AvgIpc) is 3.10. The summed E-state index contributed by atoms with van der Waals surface area (Å²) in [7, 11) is 0. The molecule has 1 aromatic carbocycles. The molecule has 7 heteroatoms. The second kappa shape index (κ2) is 7.36. The number of aryl methyl sites for hydroxylation is 1. The molecule has 122 valence electrons. The van der Waals surface area contributed by atoms with Crippen molar-refractivity contribution in [2.24, 2.45) is 0 Å². The van der Waals surface area contributed by atoms with E-state index >= 15 is 0 Å². The predicted molar refractivity (Wildman–Crippen MR) is 87.5 cm³/mol. The first-order chi connectivity index (χ1) is 11.7. The maximum atomic E-state index is 11.9. The Morgan fingerprint density at radius 3 is 2.96 bits per heavy atom. The summed E-state index contributed by atoms with van der Waals surface area (Å²) in [5, 5.41) is 6.57. The highest BCUT2D eigenvalue weighted by molar-refractivity contribution is 5.91. The zero-order valence-corrected chi connectivity index (χ0v) is 13.1. The van der Waals surface area contributed by atoms with Crippen LogP contribution in [-0.2, 0) is 11.2 Å². The highest BCUT2D eigenvalue weighted by Crippen LogP contribution is 2.22. The zero-order valence-electron chi connectivity index (χ0n) is 13.1. The van der Waals surface area contributed by atoms with E-state index in [0.29, 0.717) is 29.6 Å². The van der Waals surface area contributed by atoms with Gasteiger partial charge >= 0.3 is 0 Å². The van der Waals surface area contributed by atoms with Crippen molar-refractivity contribution in [3.63, 3.8) is 0 Å². The fraction of sp³-hybridized carbons (Fsp3) is 0.176. The van der Waals surface area contributed by atoms with Crippen LogP contribution in [0.15, 0.2) is 53.3 Å². The highest BCUT2D eigenvalue weighted by Gasteiger charge is 2.09. The largest absolute Gasteiger partial charge is 0.484 e. The van der Waals surface area contributed by atoms with Crippen molar-refractivity contribution in [2.45, 2.75) is 13.3 Å². The van der Waals surface area contributed by atoms with Gasteiger partial charge < -0.3 is 14.6 Å². The van der Waals surface area contributed by atoms with Crippen LogP contribution in [0.1, 0.15) is 12.7 Å². The second-order valence-corrected chi connectivity index (χ2v) is 4.98. The van der Waals surface area contributed by atoms with Gasteiger partial charge in [0.05, 0.1) is 11.9 Å². The van der Waals surface area contributed by atoms with Crippen LogP contribution in [0, 0.1) is 0 Å². The normalized spacial score (nSPS) is 10.4. The van der Waals surface area contributed by atoms with E-state index in [2.05, 4.69) is 20.4 Å². The molecule has 3 aromatic rings. The Kier molecular flexibility index (Phi) is 4.81. The van der Waals surface area contributed by atoms with E-state index < -0.39 is 0 Å². The van der Waals surface area contributed by atoms with Gasteiger partial charge in [-0.3, -0.25) is 9.78 Å². The number of ether oxygens (including phenoxy) is 1. The van der Waals surface area contributed by atoms with Gasteiger partial charge in [-0.05, 0) is 30.3 Å². The van der Waals surface area contributed by atoms with E-state index in [1.54, 1.807) is 42.7 Å². The molecule has 1 N–H and O–H groups in total. The molecule has 0 bridgehead atoms. The van der Waals surface area contributed by atoms with E-state index in [-0.39, 0.29) is 12.5 Å². The lowest BCUT2D eigenvalue weighted by atomic mass is 10.2. The second-order valence-electron chi connectivity index (χ2n) is 4.98. The van der Waals surface area contributed by atoms with Gasteiger partial charge in [0.2, 0.25) is 0 Å². The Bertz CT molecular complexity index is 817. The Morgan fingerprint density at radius 1 is 1.29 bits per heavy atom. The number of benzene rings is 1. The molecule has 0 spiro atoms. The van der Waals surface area contributed by atoms with Crippen molar-refractivity contribution >= 4 is 11.6 Å². The zero-order chi connectivity index (χ0) is 16.8. The molecule has 0 aliphatic carbocycles. The number of hydrogen-bond acceptors (Lipinski definition) is 6. The molecule has 2 aromatic heterocycles. The smallest absolute Gasteiger partial charge is 0.262 e. The summed E-state index contributed by atoms with van der Waals surface area (Å²) in [4.78, 5) is 20.1. The van der Waals surface area contributed by atoms with Crippen molar-refractivity contribution < 1.29 is 14.1 Å². The molecule has 0 saturated heterocycles. The lowest BCUT2D eigenvalue weighted by Crippen LogP contribution is -2.20. The molecule has 0 saturated carbocycles. The van der Waals surface area contributed by atoms with Crippen LogP contribution in [0.25, 0.3) is 11.5 Å². The van der Waals surface area contributed by atoms with E-state index in [9.17, 15) is 4.79 Å². The summed E-state index contributed by atoms with van der Waals surface area (Å²) in [5.41, 5.74) is 1.37. The van der Waals surface area contributed by atoms with Gasteiger partial charge in [0.25, 0.3) is 11.8 Å². The topological polar surface area (TPSA) is 90.1 Å². The maximum absolute atomic E-state index is 11.9. The minimum Gasteiger partial charge on any atom is -0.484 e. The van der Waals surface area contributed by atoms with E-state index in [4.69, 9.17) is 9.26 Å². The van der Waals surface area contributed by atoms with Gasteiger partial charge in [-0.25, -0.2) is 0 Å². The molecular weight excluding hydrogens is 308 g/mol. The van der Waals surface area contributed by atoms with Gasteiger partial charge in [0.15, 0.2) is 12.4 Å². The summed E-state index contributed by atoms with van der Waals surface area (Å²) in [5.74, 6) is 1.36. The number of carbonyl (C=O) groups is 1. The van der Waals surface area contributed by atoms with E-state index in [0.717, 1.165) is 5.56 Å². The molecule has 24 heavy (non-hydrogen) atoms. The lowest BCUT2D eigenvalue weighted by Gasteiger charge is -2.07. The summed E-state index contributed by atoms with van der Waals surface area (Å²) in [6.45, 7) is 1.84. The molecule has 0 fully saturated rings. The SMILES string of the molecule is CCc1noc(-c2cccc(OCC(=O)Nc3cccnc3)c2)n1. The third-order valence-electron chi connectivity index (χ3n) is 3.18. The first kappa shape index (κ1) is 15.7. The van der Waals surface area contributed by atoms with Crippen molar-refractivity contribution in [1.29, 1.82) is 0 Å². The van der Waals surface area contributed by atoms with Gasteiger partial charge in [-0.15, -0.1) is 0 Å². The Labute approximate surface area is 138 Å². The number of carbonyl (C=O) groups excluding carboxylic acids is 1. The third-order valence-corrected chi connectivity index (χ3v) is 3.18. The maximum Gasteiger partial charge on any atom is 0.262 e. The molecule has 7 nitrogen and oxygen atoms in total. The number of nitrogens with one attached hydrogen (secondary N) is 1. The van der Waals surface area contributed by atoms with Crippen LogP contribution >= 0.6 is 0 Å². The van der Waals surface area contributed by atoms with Crippen molar-refractivity contribution in [3.05, 3.63) is 54.6 Å². The number of amides is 1. The highest BCUT2D eigenvalue weighted by atomic mass is 16.5. The van der Waals surface area contributed by atoms with Crippen LogP contribution in [0.4, 0.5) is 5.69 Å². The molecule has 0 atom stereocenters.